The van der Waals surface area contributed by atoms with E-state index < -0.39 is 23.6 Å². The largest absolute Gasteiger partial charge is 0.478 e. The molecule has 1 unspecified atom stereocenters. The first-order valence-corrected chi connectivity index (χ1v) is 9.47. The summed E-state index contributed by atoms with van der Waals surface area (Å²) in [5, 5.41) is 14.6. The zero-order chi connectivity index (χ0) is 22.1. The summed E-state index contributed by atoms with van der Waals surface area (Å²) in [5.41, 5.74) is 1.87. The van der Waals surface area contributed by atoms with Gasteiger partial charge < -0.3 is 20.1 Å². The number of imidazole rings is 1. The Balaban J connectivity index is 1.69. The van der Waals surface area contributed by atoms with E-state index in [0.717, 1.165) is 0 Å². The number of alkyl carbamates (subject to hydrolysis) is 1. The maximum Gasteiger partial charge on any atom is 0.411 e. The molecule has 1 aromatic heterocycles. The van der Waals surface area contributed by atoms with Crippen LogP contribution in [0.25, 0.3) is 11.0 Å². The van der Waals surface area contributed by atoms with Crippen LogP contribution >= 0.6 is 0 Å². The Morgan fingerprint density at radius 2 is 1.93 bits per heavy atom. The molecule has 0 saturated heterocycles. The molecule has 9 heteroatoms. The molecule has 0 fully saturated rings. The molecule has 3 rings (SSSR count). The molecule has 4 N–H and O–H groups in total. The summed E-state index contributed by atoms with van der Waals surface area (Å²) >= 11 is 0. The number of aromatic nitrogens is 2. The van der Waals surface area contributed by atoms with Gasteiger partial charge in [-0.2, -0.15) is 0 Å². The van der Waals surface area contributed by atoms with Crippen LogP contribution in [0.1, 0.15) is 55.1 Å². The molecule has 2 aromatic rings. The third-order valence-electron chi connectivity index (χ3n) is 4.38. The molecule has 0 aliphatic heterocycles. The molecule has 9 nitrogen and oxygen atoms in total. The Morgan fingerprint density at radius 1 is 1.20 bits per heavy atom. The monoisotopic (exact) mass is 412 g/mol. The summed E-state index contributed by atoms with van der Waals surface area (Å²) in [5.74, 6) is -1.45. The number of amides is 2. The van der Waals surface area contributed by atoms with E-state index in [1.807, 2.05) is 6.92 Å². The van der Waals surface area contributed by atoms with Crippen molar-refractivity contribution in [3.05, 3.63) is 53.1 Å². The first kappa shape index (κ1) is 21.1. The van der Waals surface area contributed by atoms with Gasteiger partial charge in [-0.1, -0.05) is 6.92 Å². The zero-order valence-electron chi connectivity index (χ0n) is 17.2. The van der Waals surface area contributed by atoms with Gasteiger partial charge in [0.1, 0.15) is 5.60 Å². The Bertz CT molecular complexity index is 1070. The molecule has 1 atom stereocenters. The number of aromatic carboxylic acids is 1. The average molecular weight is 412 g/mol. The first-order valence-electron chi connectivity index (χ1n) is 9.47. The number of rotatable bonds is 4. The number of hydrogen-bond donors (Lipinski definition) is 4. The summed E-state index contributed by atoms with van der Waals surface area (Å²) in [7, 11) is 0. The molecule has 0 saturated carbocycles. The molecule has 158 valence electrons. The van der Waals surface area contributed by atoms with Crippen molar-refractivity contribution >= 4 is 29.0 Å². The number of benzene rings is 1. The third-order valence-corrected chi connectivity index (χ3v) is 4.38. The van der Waals surface area contributed by atoms with Crippen molar-refractivity contribution in [1.29, 1.82) is 0 Å². The van der Waals surface area contributed by atoms with Crippen LogP contribution in [0.3, 0.4) is 0 Å². The number of carboxylic acid groups (broad SMARTS) is 1. The minimum absolute atomic E-state index is 0.0492. The van der Waals surface area contributed by atoms with Crippen LogP contribution in [0.4, 0.5) is 4.79 Å². The second-order valence-corrected chi connectivity index (χ2v) is 8.12. The standard InChI is InChI=1S/C21H24N4O5/c1-11-9-13(22-20(29)30-21(2,3)4)6-8-14(11)25-18(26)17-23-15-7-5-12(19(27)28)10-16(15)24-17/h5-8,10-11H,9H2,1-4H3,(H,22,29)(H,23,24)(H,25,26)(H,27,28). The van der Waals surface area contributed by atoms with Gasteiger partial charge in [-0.05, 0) is 57.5 Å². The lowest BCUT2D eigenvalue weighted by Crippen LogP contribution is -2.34. The van der Waals surface area contributed by atoms with Gasteiger partial charge >= 0.3 is 12.1 Å². The van der Waals surface area contributed by atoms with Crippen molar-refractivity contribution in [2.75, 3.05) is 0 Å². The predicted molar refractivity (Wildman–Crippen MR) is 110 cm³/mol. The summed E-state index contributed by atoms with van der Waals surface area (Å²) in [6.45, 7) is 7.29. The highest BCUT2D eigenvalue weighted by Crippen LogP contribution is 2.23. The van der Waals surface area contributed by atoms with Gasteiger partial charge in [0.05, 0.1) is 16.6 Å². The number of hydrogen-bond acceptors (Lipinski definition) is 5. The Morgan fingerprint density at radius 3 is 2.57 bits per heavy atom. The van der Waals surface area contributed by atoms with E-state index in [1.54, 1.807) is 39.0 Å². The fraction of sp³-hybridized carbons (Fsp3) is 0.333. The van der Waals surface area contributed by atoms with Gasteiger partial charge in [-0.3, -0.25) is 10.1 Å². The highest BCUT2D eigenvalue weighted by molar-refractivity contribution is 5.97. The van der Waals surface area contributed by atoms with Crippen molar-refractivity contribution in [2.24, 2.45) is 5.92 Å². The minimum atomic E-state index is -1.05. The topological polar surface area (TPSA) is 133 Å². The molecule has 1 heterocycles. The van der Waals surface area contributed by atoms with Crippen molar-refractivity contribution < 1.29 is 24.2 Å². The van der Waals surface area contributed by atoms with Gasteiger partial charge in [-0.25, -0.2) is 14.6 Å². The smallest absolute Gasteiger partial charge is 0.411 e. The second kappa shape index (κ2) is 8.02. The molecule has 1 aliphatic carbocycles. The van der Waals surface area contributed by atoms with Gasteiger partial charge in [0, 0.05) is 17.3 Å². The molecular formula is C21H24N4O5. The number of H-pyrrole nitrogens is 1. The number of carbonyl (C=O) groups is 3. The average Bonchev–Trinajstić information content (AvgIpc) is 3.05. The maximum atomic E-state index is 12.6. The van der Waals surface area contributed by atoms with Crippen LogP contribution in [0.15, 0.2) is 41.7 Å². The van der Waals surface area contributed by atoms with E-state index in [-0.39, 0.29) is 17.3 Å². The van der Waals surface area contributed by atoms with E-state index in [9.17, 15) is 14.4 Å². The van der Waals surface area contributed by atoms with Crippen LogP contribution in [0.2, 0.25) is 0 Å². The maximum absolute atomic E-state index is 12.6. The fourth-order valence-corrected chi connectivity index (χ4v) is 3.00. The van der Waals surface area contributed by atoms with Gasteiger partial charge in [-0.15, -0.1) is 0 Å². The molecule has 30 heavy (non-hydrogen) atoms. The summed E-state index contributed by atoms with van der Waals surface area (Å²) in [6, 6.07) is 4.41. The lowest BCUT2D eigenvalue weighted by atomic mass is 9.96. The van der Waals surface area contributed by atoms with Crippen LogP contribution < -0.4 is 10.6 Å². The number of carbonyl (C=O) groups excluding carboxylic acids is 2. The highest BCUT2D eigenvalue weighted by atomic mass is 16.6. The molecule has 1 aliphatic rings. The van der Waals surface area contributed by atoms with E-state index >= 15 is 0 Å². The summed E-state index contributed by atoms with van der Waals surface area (Å²) in [6.07, 6.45) is 3.44. The molecule has 1 aromatic carbocycles. The number of aromatic amines is 1. The first-order chi connectivity index (χ1) is 14.0. The predicted octanol–water partition coefficient (Wildman–Crippen LogP) is 3.32. The van der Waals surface area contributed by atoms with Crippen LogP contribution in [0, 0.1) is 5.92 Å². The molecule has 0 spiro atoms. The number of nitrogens with zero attached hydrogens (tertiary/aromatic N) is 1. The number of nitrogens with one attached hydrogen (secondary N) is 3. The van der Waals surface area contributed by atoms with Crippen molar-refractivity contribution in [3.63, 3.8) is 0 Å². The van der Waals surface area contributed by atoms with Crippen LogP contribution in [0.5, 0.6) is 0 Å². The van der Waals surface area contributed by atoms with Crippen molar-refractivity contribution in [2.45, 2.75) is 39.7 Å². The van der Waals surface area contributed by atoms with Crippen LogP contribution in [-0.4, -0.2) is 38.6 Å². The van der Waals surface area contributed by atoms with E-state index in [2.05, 4.69) is 20.6 Å². The fourth-order valence-electron chi connectivity index (χ4n) is 3.00. The number of fused-ring (bicyclic) bond motifs is 1. The van der Waals surface area contributed by atoms with Crippen LogP contribution in [-0.2, 0) is 4.74 Å². The van der Waals surface area contributed by atoms with Gasteiger partial charge in [0.2, 0.25) is 0 Å². The Kier molecular flexibility index (Phi) is 5.64. The lowest BCUT2D eigenvalue weighted by molar-refractivity contribution is 0.0542. The quantitative estimate of drug-likeness (QED) is 0.609. The molecule has 0 radical (unpaired) electrons. The summed E-state index contributed by atoms with van der Waals surface area (Å²) in [4.78, 5) is 42.7. The Hall–Kier alpha value is -3.62. The van der Waals surface area contributed by atoms with E-state index in [4.69, 9.17) is 9.84 Å². The van der Waals surface area contributed by atoms with Gasteiger partial charge in [0.15, 0.2) is 5.82 Å². The minimum Gasteiger partial charge on any atom is -0.478 e. The number of ether oxygens (including phenoxy) is 1. The van der Waals surface area contributed by atoms with E-state index in [1.165, 1.54) is 12.1 Å². The normalized spacial score (nSPS) is 16.5. The Labute approximate surface area is 173 Å². The second-order valence-electron chi connectivity index (χ2n) is 8.12. The third kappa shape index (κ3) is 5.05. The lowest BCUT2D eigenvalue weighted by Gasteiger charge is -2.24. The van der Waals surface area contributed by atoms with Crippen molar-refractivity contribution in [1.82, 2.24) is 20.6 Å². The highest BCUT2D eigenvalue weighted by Gasteiger charge is 2.22. The van der Waals surface area contributed by atoms with E-state index in [0.29, 0.717) is 28.8 Å². The number of carboxylic acids is 1. The SMILES string of the molecule is CC1CC(NC(=O)OC(C)(C)C)=CC=C1NC(=O)c1nc2ccc(C(=O)O)cc2[nH]1. The zero-order valence-corrected chi connectivity index (χ0v) is 17.2. The molecule has 0 bridgehead atoms. The van der Waals surface area contributed by atoms with Gasteiger partial charge in [0.25, 0.3) is 5.91 Å². The number of allylic oxidation sites excluding steroid dienone is 4. The van der Waals surface area contributed by atoms with Crippen molar-refractivity contribution in [3.8, 4) is 0 Å². The molecule has 2 amide bonds. The summed E-state index contributed by atoms with van der Waals surface area (Å²) < 4.78 is 5.25. The molecular weight excluding hydrogens is 388 g/mol.